The van der Waals surface area contributed by atoms with Crippen LogP contribution in [-0.4, -0.2) is 39.0 Å². The highest BCUT2D eigenvalue weighted by molar-refractivity contribution is 9.10. The van der Waals surface area contributed by atoms with E-state index in [1.165, 1.54) is 12.1 Å². The average Bonchev–Trinajstić information content (AvgIpc) is 2.87. The summed E-state index contributed by atoms with van der Waals surface area (Å²) in [5.74, 6) is 0. The monoisotopic (exact) mass is 380 g/mol. The summed E-state index contributed by atoms with van der Waals surface area (Å²) in [7, 11) is -3.48. The Kier molecular flexibility index (Phi) is 5.48. The van der Waals surface area contributed by atoms with E-state index < -0.39 is 10.0 Å². The molecular weight excluding hydrogens is 364 g/mol. The number of hydrogen-bond donors (Lipinski definition) is 1. The first-order valence-electron chi connectivity index (χ1n) is 6.63. The van der Waals surface area contributed by atoms with Crippen molar-refractivity contribution in [3.8, 4) is 0 Å². The van der Waals surface area contributed by atoms with E-state index in [2.05, 4.69) is 32.5 Å². The zero-order valence-electron chi connectivity index (χ0n) is 11.3. The standard InChI is InChI=1S/C13H18BrClN2O2S/c1-2-17-7-3-4-10(17)9-16-20(18,19)11-5-6-13(15)12(14)8-11/h5-6,8,10,16H,2-4,7,9H2,1H3. The van der Waals surface area contributed by atoms with Crippen molar-refractivity contribution in [2.75, 3.05) is 19.6 Å². The first-order chi connectivity index (χ1) is 9.44. The molecular formula is C13H18BrClN2O2S. The topological polar surface area (TPSA) is 49.4 Å². The van der Waals surface area contributed by atoms with E-state index in [0.29, 0.717) is 22.1 Å². The van der Waals surface area contributed by atoms with Gasteiger partial charge in [-0.25, -0.2) is 13.1 Å². The summed E-state index contributed by atoms with van der Waals surface area (Å²) in [6, 6.07) is 4.91. The first-order valence-corrected chi connectivity index (χ1v) is 9.28. The molecule has 1 N–H and O–H groups in total. The number of halogens is 2. The summed E-state index contributed by atoms with van der Waals surface area (Å²) in [6.07, 6.45) is 2.17. The highest BCUT2D eigenvalue weighted by Gasteiger charge is 2.25. The van der Waals surface area contributed by atoms with Gasteiger partial charge in [0.1, 0.15) is 0 Å². The van der Waals surface area contributed by atoms with E-state index >= 15 is 0 Å². The van der Waals surface area contributed by atoms with Crippen LogP contribution in [0.5, 0.6) is 0 Å². The van der Waals surface area contributed by atoms with Crippen LogP contribution in [-0.2, 0) is 10.0 Å². The third kappa shape index (κ3) is 3.74. The van der Waals surface area contributed by atoms with Crippen molar-refractivity contribution >= 4 is 37.6 Å². The Hall–Kier alpha value is -0.140. The van der Waals surface area contributed by atoms with Crippen molar-refractivity contribution in [1.29, 1.82) is 0 Å². The maximum absolute atomic E-state index is 12.3. The fraction of sp³-hybridized carbons (Fsp3) is 0.538. The summed E-state index contributed by atoms with van der Waals surface area (Å²) in [5, 5.41) is 0.497. The molecule has 112 valence electrons. The molecule has 0 amide bonds. The van der Waals surface area contributed by atoms with Crippen LogP contribution in [0.4, 0.5) is 0 Å². The zero-order valence-corrected chi connectivity index (χ0v) is 14.4. The molecule has 0 aliphatic carbocycles. The lowest BCUT2D eigenvalue weighted by Gasteiger charge is -2.22. The largest absolute Gasteiger partial charge is 0.299 e. The van der Waals surface area contributed by atoms with Gasteiger partial charge in [-0.3, -0.25) is 4.90 Å². The minimum Gasteiger partial charge on any atom is -0.299 e. The Morgan fingerprint density at radius 1 is 1.50 bits per heavy atom. The van der Waals surface area contributed by atoms with E-state index in [0.717, 1.165) is 25.9 Å². The van der Waals surface area contributed by atoms with Crippen LogP contribution < -0.4 is 4.72 Å². The number of likely N-dealkylation sites (tertiary alicyclic amines) is 1. The first kappa shape index (κ1) is 16.2. The fourth-order valence-electron chi connectivity index (χ4n) is 2.48. The van der Waals surface area contributed by atoms with Gasteiger partial charge < -0.3 is 0 Å². The normalized spacial score (nSPS) is 20.4. The summed E-state index contributed by atoms with van der Waals surface area (Å²) in [6.45, 7) is 4.56. The Bertz CT molecular complexity index is 580. The predicted molar refractivity (Wildman–Crippen MR) is 84.6 cm³/mol. The average molecular weight is 382 g/mol. The quantitative estimate of drug-likeness (QED) is 0.853. The lowest BCUT2D eigenvalue weighted by molar-refractivity contribution is 0.268. The Balaban J connectivity index is 2.05. The van der Waals surface area contributed by atoms with Gasteiger partial charge in [-0.1, -0.05) is 18.5 Å². The predicted octanol–water partition coefficient (Wildman–Crippen LogP) is 2.87. The molecule has 4 nitrogen and oxygen atoms in total. The van der Waals surface area contributed by atoms with Gasteiger partial charge in [0, 0.05) is 17.1 Å². The molecule has 1 atom stereocenters. The van der Waals surface area contributed by atoms with Crippen LogP contribution in [0.2, 0.25) is 5.02 Å². The Morgan fingerprint density at radius 3 is 2.90 bits per heavy atom. The lowest BCUT2D eigenvalue weighted by Crippen LogP contribution is -2.39. The zero-order chi connectivity index (χ0) is 14.8. The minimum absolute atomic E-state index is 0.231. The molecule has 1 heterocycles. The van der Waals surface area contributed by atoms with Crippen molar-refractivity contribution in [3.63, 3.8) is 0 Å². The van der Waals surface area contributed by atoms with E-state index in [-0.39, 0.29) is 4.90 Å². The molecule has 2 rings (SSSR count). The smallest absolute Gasteiger partial charge is 0.240 e. The van der Waals surface area contributed by atoms with E-state index in [1.807, 2.05) is 0 Å². The van der Waals surface area contributed by atoms with Crippen LogP contribution in [0.15, 0.2) is 27.6 Å². The van der Waals surface area contributed by atoms with Gasteiger partial charge in [-0.2, -0.15) is 0 Å². The summed E-state index contributed by atoms with van der Waals surface area (Å²) in [4.78, 5) is 2.54. The van der Waals surface area contributed by atoms with E-state index in [1.54, 1.807) is 6.07 Å². The molecule has 0 spiro atoms. The maximum Gasteiger partial charge on any atom is 0.240 e. The van der Waals surface area contributed by atoms with Gasteiger partial charge in [0.05, 0.1) is 9.92 Å². The van der Waals surface area contributed by atoms with Crippen molar-refractivity contribution in [2.45, 2.75) is 30.7 Å². The van der Waals surface area contributed by atoms with Gasteiger partial charge in [-0.05, 0) is 60.1 Å². The second kappa shape index (κ2) is 6.75. The third-order valence-corrected chi connectivity index (χ3v) is 6.25. The van der Waals surface area contributed by atoms with Crippen LogP contribution >= 0.6 is 27.5 Å². The Labute approximate surface area is 133 Å². The molecule has 1 unspecified atom stereocenters. The number of nitrogens with one attached hydrogen (secondary N) is 1. The SMILES string of the molecule is CCN1CCCC1CNS(=O)(=O)c1ccc(Cl)c(Br)c1. The molecule has 20 heavy (non-hydrogen) atoms. The van der Waals surface area contributed by atoms with Crippen molar-refractivity contribution < 1.29 is 8.42 Å². The number of nitrogens with zero attached hydrogens (tertiary/aromatic N) is 1. The third-order valence-electron chi connectivity index (χ3n) is 3.62. The fourth-order valence-corrected chi connectivity index (χ4v) is 4.22. The molecule has 0 radical (unpaired) electrons. The highest BCUT2D eigenvalue weighted by Crippen LogP contribution is 2.25. The molecule has 7 heteroatoms. The number of rotatable bonds is 5. The molecule has 1 aromatic carbocycles. The number of likely N-dealkylation sites (N-methyl/N-ethyl adjacent to an activating group) is 1. The highest BCUT2D eigenvalue weighted by atomic mass is 79.9. The molecule has 1 aliphatic heterocycles. The molecule has 1 aliphatic rings. The van der Waals surface area contributed by atoms with Crippen LogP contribution in [0.25, 0.3) is 0 Å². The molecule has 0 saturated carbocycles. The molecule has 1 saturated heterocycles. The van der Waals surface area contributed by atoms with Crippen molar-refractivity contribution in [2.24, 2.45) is 0 Å². The van der Waals surface area contributed by atoms with Gasteiger partial charge in [0.15, 0.2) is 0 Å². The van der Waals surface area contributed by atoms with Crippen LogP contribution in [0, 0.1) is 0 Å². The summed E-state index contributed by atoms with van der Waals surface area (Å²) in [5.41, 5.74) is 0. The van der Waals surface area contributed by atoms with E-state index in [4.69, 9.17) is 11.6 Å². The van der Waals surface area contributed by atoms with Crippen molar-refractivity contribution in [1.82, 2.24) is 9.62 Å². The molecule has 0 bridgehead atoms. The van der Waals surface area contributed by atoms with Gasteiger partial charge >= 0.3 is 0 Å². The number of benzene rings is 1. The molecule has 0 aromatic heterocycles. The van der Waals surface area contributed by atoms with Crippen LogP contribution in [0.1, 0.15) is 19.8 Å². The van der Waals surface area contributed by atoms with Gasteiger partial charge in [-0.15, -0.1) is 0 Å². The van der Waals surface area contributed by atoms with E-state index in [9.17, 15) is 8.42 Å². The minimum atomic E-state index is -3.48. The van der Waals surface area contributed by atoms with Crippen LogP contribution in [0.3, 0.4) is 0 Å². The lowest BCUT2D eigenvalue weighted by atomic mass is 10.2. The second-order valence-electron chi connectivity index (χ2n) is 4.85. The second-order valence-corrected chi connectivity index (χ2v) is 7.88. The van der Waals surface area contributed by atoms with Crippen molar-refractivity contribution in [3.05, 3.63) is 27.7 Å². The maximum atomic E-state index is 12.3. The summed E-state index contributed by atoms with van der Waals surface area (Å²) < 4.78 is 27.8. The molecule has 1 aromatic rings. The summed E-state index contributed by atoms with van der Waals surface area (Å²) >= 11 is 9.12. The number of sulfonamides is 1. The number of hydrogen-bond acceptors (Lipinski definition) is 3. The molecule has 1 fully saturated rings. The Morgan fingerprint density at radius 2 is 2.25 bits per heavy atom. The van der Waals surface area contributed by atoms with Gasteiger partial charge in [0.2, 0.25) is 10.0 Å². The van der Waals surface area contributed by atoms with Gasteiger partial charge in [0.25, 0.3) is 0 Å².